The molecule has 2 saturated heterocycles. The Bertz CT molecular complexity index is 661. The minimum atomic E-state index is -0.180. The van der Waals surface area contributed by atoms with Gasteiger partial charge in [0.2, 0.25) is 0 Å². The topological polar surface area (TPSA) is 55.8 Å². The second kappa shape index (κ2) is 4.34. The molecule has 4 heteroatoms. The molecule has 2 bridgehead atoms. The number of benzene rings is 1. The van der Waals surface area contributed by atoms with Crippen LogP contribution in [0.2, 0.25) is 0 Å². The summed E-state index contributed by atoms with van der Waals surface area (Å²) in [4.78, 5) is 12.8. The Morgan fingerprint density at radius 1 is 1.24 bits per heavy atom. The van der Waals surface area contributed by atoms with E-state index in [2.05, 4.69) is 0 Å². The monoisotopic (exact) mass is 286 g/mol. The zero-order valence-corrected chi connectivity index (χ0v) is 12.1. The van der Waals surface area contributed by atoms with Crippen LogP contribution in [0.4, 0.5) is 0 Å². The van der Waals surface area contributed by atoms with Crippen molar-refractivity contribution in [3.05, 3.63) is 35.1 Å². The van der Waals surface area contributed by atoms with E-state index < -0.39 is 0 Å². The van der Waals surface area contributed by atoms with Crippen LogP contribution >= 0.6 is 0 Å². The molecule has 4 atom stereocenters. The number of aliphatic hydroxyl groups is 1. The Morgan fingerprint density at radius 3 is 2.57 bits per heavy atom. The van der Waals surface area contributed by atoms with E-state index in [4.69, 9.17) is 9.47 Å². The molecule has 0 spiro atoms. The third-order valence-electron chi connectivity index (χ3n) is 5.10. The summed E-state index contributed by atoms with van der Waals surface area (Å²) in [5.41, 5.74) is 2.25. The maximum atomic E-state index is 12.8. The van der Waals surface area contributed by atoms with E-state index in [0.717, 1.165) is 29.7 Å². The van der Waals surface area contributed by atoms with Crippen molar-refractivity contribution in [2.75, 3.05) is 7.11 Å². The van der Waals surface area contributed by atoms with Crippen LogP contribution in [0, 0.1) is 18.8 Å². The Labute approximate surface area is 123 Å². The van der Waals surface area contributed by atoms with Gasteiger partial charge < -0.3 is 14.6 Å². The average Bonchev–Trinajstić information content (AvgIpc) is 3.14. The summed E-state index contributed by atoms with van der Waals surface area (Å²) < 4.78 is 11.0. The first-order valence-electron chi connectivity index (χ1n) is 7.39. The molecule has 0 amide bonds. The summed E-state index contributed by atoms with van der Waals surface area (Å²) in [6.45, 7) is 1.94. The Hall–Kier alpha value is -1.81. The first-order valence-corrected chi connectivity index (χ1v) is 7.39. The Morgan fingerprint density at radius 2 is 1.95 bits per heavy atom. The molecule has 1 unspecified atom stereocenters. The molecule has 2 heterocycles. The van der Waals surface area contributed by atoms with Crippen LogP contribution in [0.5, 0.6) is 5.75 Å². The minimum absolute atomic E-state index is 0.00861. The molecule has 1 N–H and O–H groups in total. The molecule has 110 valence electrons. The fourth-order valence-electron chi connectivity index (χ4n) is 4.13. The maximum absolute atomic E-state index is 12.8. The zero-order chi connectivity index (χ0) is 14.7. The molecule has 0 radical (unpaired) electrons. The molecular weight excluding hydrogens is 268 g/mol. The summed E-state index contributed by atoms with van der Waals surface area (Å²) in [6, 6.07) is 5.58. The molecule has 1 aliphatic carbocycles. The molecule has 21 heavy (non-hydrogen) atoms. The lowest BCUT2D eigenvalue weighted by atomic mass is 9.80. The summed E-state index contributed by atoms with van der Waals surface area (Å²) in [5.74, 6) is 0.710. The van der Waals surface area contributed by atoms with Crippen LogP contribution in [0.1, 0.15) is 24.0 Å². The highest BCUT2D eigenvalue weighted by Gasteiger charge is 2.59. The van der Waals surface area contributed by atoms with Crippen molar-refractivity contribution < 1.29 is 19.4 Å². The van der Waals surface area contributed by atoms with Crippen LogP contribution in [-0.4, -0.2) is 30.2 Å². The van der Waals surface area contributed by atoms with Gasteiger partial charge in [-0.1, -0.05) is 6.07 Å². The molecule has 0 saturated carbocycles. The number of methoxy groups -OCH3 is 1. The van der Waals surface area contributed by atoms with Gasteiger partial charge in [0.1, 0.15) is 11.5 Å². The number of aryl methyl sites for hydroxylation is 1. The number of ketones is 1. The SMILES string of the molecule is COc1ccc(C2=C(O)C3[C@@H](C2=O)[C@@H]2CC[C@H]3O2)c(C)c1. The van der Waals surface area contributed by atoms with Gasteiger partial charge in [-0.15, -0.1) is 0 Å². The van der Waals surface area contributed by atoms with E-state index in [-0.39, 0.29) is 35.6 Å². The van der Waals surface area contributed by atoms with Crippen LogP contribution < -0.4 is 4.74 Å². The number of carbonyl (C=O) groups is 1. The van der Waals surface area contributed by atoms with Gasteiger partial charge in [-0.2, -0.15) is 0 Å². The Balaban J connectivity index is 1.80. The van der Waals surface area contributed by atoms with E-state index >= 15 is 0 Å². The van der Waals surface area contributed by atoms with Gasteiger partial charge in [-0.05, 0) is 43.0 Å². The van der Waals surface area contributed by atoms with E-state index in [1.807, 2.05) is 25.1 Å². The summed E-state index contributed by atoms with van der Waals surface area (Å²) in [7, 11) is 1.62. The highest BCUT2D eigenvalue weighted by atomic mass is 16.5. The minimum Gasteiger partial charge on any atom is -0.511 e. The quantitative estimate of drug-likeness (QED) is 0.908. The van der Waals surface area contributed by atoms with Gasteiger partial charge in [0.15, 0.2) is 5.78 Å². The van der Waals surface area contributed by atoms with Gasteiger partial charge >= 0.3 is 0 Å². The fourth-order valence-corrected chi connectivity index (χ4v) is 4.13. The van der Waals surface area contributed by atoms with Gasteiger partial charge in [0.05, 0.1) is 36.7 Å². The predicted molar refractivity (Wildman–Crippen MR) is 77.2 cm³/mol. The van der Waals surface area contributed by atoms with Crippen molar-refractivity contribution in [1.29, 1.82) is 0 Å². The predicted octanol–water partition coefficient (Wildman–Crippen LogP) is 2.65. The summed E-state index contributed by atoms with van der Waals surface area (Å²) in [5, 5.41) is 10.6. The number of hydrogen-bond donors (Lipinski definition) is 1. The van der Waals surface area contributed by atoms with Crippen LogP contribution in [-0.2, 0) is 9.53 Å². The standard InChI is InChI=1S/C17H18O4/c1-8-7-9(20-2)3-4-10(8)13-16(18)14-11-5-6-12(21-11)15(14)17(13)19/h3-4,7,11-12,14-15,18H,5-6H2,1-2H3/t11-,12+,14?,15+/m1/s1. The highest BCUT2D eigenvalue weighted by molar-refractivity contribution is 6.25. The lowest BCUT2D eigenvalue weighted by Crippen LogP contribution is -2.29. The number of ether oxygens (including phenoxy) is 2. The van der Waals surface area contributed by atoms with E-state index in [0.29, 0.717) is 5.57 Å². The smallest absolute Gasteiger partial charge is 0.173 e. The van der Waals surface area contributed by atoms with Crippen molar-refractivity contribution >= 4 is 11.4 Å². The second-order valence-corrected chi connectivity index (χ2v) is 6.15. The van der Waals surface area contributed by atoms with Crippen molar-refractivity contribution in [2.45, 2.75) is 32.0 Å². The zero-order valence-electron chi connectivity index (χ0n) is 12.1. The Kier molecular flexibility index (Phi) is 2.67. The van der Waals surface area contributed by atoms with Crippen molar-refractivity contribution in [1.82, 2.24) is 0 Å². The van der Waals surface area contributed by atoms with Crippen LogP contribution in [0.15, 0.2) is 24.0 Å². The van der Waals surface area contributed by atoms with Crippen molar-refractivity contribution in [2.24, 2.45) is 11.8 Å². The van der Waals surface area contributed by atoms with Gasteiger partial charge in [-0.25, -0.2) is 0 Å². The number of aliphatic hydroxyl groups excluding tert-OH is 1. The molecule has 3 aliphatic rings. The van der Waals surface area contributed by atoms with Gasteiger partial charge in [-0.3, -0.25) is 4.79 Å². The van der Waals surface area contributed by atoms with Crippen molar-refractivity contribution in [3.8, 4) is 5.75 Å². The highest BCUT2D eigenvalue weighted by Crippen LogP contribution is 2.53. The number of carbonyl (C=O) groups excluding carboxylic acids is 1. The number of allylic oxidation sites excluding steroid dienone is 1. The van der Waals surface area contributed by atoms with Crippen molar-refractivity contribution in [3.63, 3.8) is 0 Å². The fraction of sp³-hybridized carbons (Fsp3) is 0.471. The maximum Gasteiger partial charge on any atom is 0.173 e. The molecule has 0 aromatic heterocycles. The molecule has 1 aromatic rings. The van der Waals surface area contributed by atoms with Crippen LogP contribution in [0.25, 0.3) is 5.57 Å². The van der Waals surface area contributed by atoms with Gasteiger partial charge in [0.25, 0.3) is 0 Å². The van der Waals surface area contributed by atoms with E-state index in [9.17, 15) is 9.90 Å². The molecule has 2 aliphatic heterocycles. The molecular formula is C17H18O4. The molecule has 1 aromatic carbocycles. The second-order valence-electron chi connectivity index (χ2n) is 6.15. The number of hydrogen-bond acceptors (Lipinski definition) is 4. The molecule has 4 nitrogen and oxygen atoms in total. The third kappa shape index (κ3) is 1.62. The van der Waals surface area contributed by atoms with Gasteiger partial charge in [0, 0.05) is 0 Å². The van der Waals surface area contributed by atoms with Crippen LogP contribution in [0.3, 0.4) is 0 Å². The summed E-state index contributed by atoms with van der Waals surface area (Å²) in [6.07, 6.45) is 1.88. The first-order chi connectivity index (χ1) is 10.1. The lowest BCUT2D eigenvalue weighted by Gasteiger charge is -2.19. The molecule has 2 fully saturated rings. The number of rotatable bonds is 2. The van der Waals surface area contributed by atoms with E-state index in [1.54, 1.807) is 7.11 Å². The number of Topliss-reactive ketones (excluding diaryl/α,β-unsaturated/α-hetero) is 1. The largest absolute Gasteiger partial charge is 0.511 e. The summed E-state index contributed by atoms with van der Waals surface area (Å²) >= 11 is 0. The molecule has 4 rings (SSSR count). The third-order valence-corrected chi connectivity index (χ3v) is 5.10. The average molecular weight is 286 g/mol. The normalized spacial score (nSPS) is 33.7. The number of fused-ring (bicyclic) bond motifs is 5. The lowest BCUT2D eigenvalue weighted by molar-refractivity contribution is -0.118. The first kappa shape index (κ1) is 12.9. The van der Waals surface area contributed by atoms with E-state index in [1.165, 1.54) is 0 Å².